The van der Waals surface area contributed by atoms with Gasteiger partial charge < -0.3 is 18.9 Å². The molecule has 7 nitrogen and oxygen atoms in total. The molecule has 7 heteroatoms. The van der Waals surface area contributed by atoms with Gasteiger partial charge in [-0.2, -0.15) is 4.98 Å². The lowest BCUT2D eigenvalue weighted by Crippen LogP contribution is -2.24. The zero-order valence-corrected chi connectivity index (χ0v) is 16.0. The molecule has 1 atom stereocenters. The summed E-state index contributed by atoms with van der Waals surface area (Å²) in [5.74, 6) is 2.11. The fourth-order valence-corrected chi connectivity index (χ4v) is 3.30. The SMILES string of the molecule is COc1cc(OC)cc(-c2nc([C@H]3CC(=O)N(c4ccc(C)cc4)C3)no2)c1. The van der Waals surface area contributed by atoms with Gasteiger partial charge in [-0.05, 0) is 31.2 Å². The van der Waals surface area contributed by atoms with E-state index in [0.29, 0.717) is 41.7 Å². The number of hydrogen-bond donors (Lipinski definition) is 0. The van der Waals surface area contributed by atoms with Crippen LogP contribution >= 0.6 is 0 Å². The van der Waals surface area contributed by atoms with Crippen molar-refractivity contribution in [3.8, 4) is 23.0 Å². The lowest BCUT2D eigenvalue weighted by Gasteiger charge is -2.16. The zero-order chi connectivity index (χ0) is 19.7. The monoisotopic (exact) mass is 379 g/mol. The number of benzene rings is 2. The van der Waals surface area contributed by atoms with E-state index in [-0.39, 0.29) is 11.8 Å². The van der Waals surface area contributed by atoms with Gasteiger partial charge >= 0.3 is 0 Å². The molecule has 4 rings (SSSR count). The molecule has 0 saturated carbocycles. The molecule has 2 heterocycles. The summed E-state index contributed by atoms with van der Waals surface area (Å²) < 4.78 is 16.0. The van der Waals surface area contributed by atoms with E-state index in [0.717, 1.165) is 11.3 Å². The van der Waals surface area contributed by atoms with Gasteiger partial charge in [-0.1, -0.05) is 22.9 Å². The predicted octanol–water partition coefficient (Wildman–Crippen LogP) is 3.58. The van der Waals surface area contributed by atoms with Gasteiger partial charge in [0.15, 0.2) is 5.82 Å². The summed E-state index contributed by atoms with van der Waals surface area (Å²) in [5, 5.41) is 4.12. The molecule has 0 bridgehead atoms. The van der Waals surface area contributed by atoms with E-state index in [9.17, 15) is 4.79 Å². The maximum Gasteiger partial charge on any atom is 0.258 e. The molecule has 0 aliphatic carbocycles. The van der Waals surface area contributed by atoms with Crippen LogP contribution in [0.4, 0.5) is 5.69 Å². The van der Waals surface area contributed by atoms with Crippen LogP contribution in [0.5, 0.6) is 11.5 Å². The summed E-state index contributed by atoms with van der Waals surface area (Å²) in [4.78, 5) is 18.8. The number of rotatable bonds is 5. The van der Waals surface area contributed by atoms with Crippen LogP contribution in [0, 0.1) is 6.92 Å². The number of methoxy groups -OCH3 is 2. The van der Waals surface area contributed by atoms with E-state index < -0.39 is 0 Å². The van der Waals surface area contributed by atoms with Gasteiger partial charge in [0.25, 0.3) is 5.89 Å². The second kappa shape index (κ2) is 7.34. The molecule has 0 N–H and O–H groups in total. The molecule has 1 aliphatic heterocycles. The Kier molecular flexibility index (Phi) is 4.73. The lowest BCUT2D eigenvalue weighted by atomic mass is 10.1. The molecule has 144 valence electrons. The second-order valence-corrected chi connectivity index (χ2v) is 6.80. The highest BCUT2D eigenvalue weighted by atomic mass is 16.5. The minimum atomic E-state index is -0.112. The normalized spacial score (nSPS) is 16.5. The number of carbonyl (C=O) groups is 1. The summed E-state index contributed by atoms with van der Waals surface area (Å²) in [5.41, 5.74) is 2.75. The smallest absolute Gasteiger partial charge is 0.258 e. The fourth-order valence-electron chi connectivity index (χ4n) is 3.30. The average Bonchev–Trinajstić information content (AvgIpc) is 3.35. The topological polar surface area (TPSA) is 77.7 Å². The molecule has 1 aliphatic rings. The third-order valence-corrected chi connectivity index (χ3v) is 4.88. The summed E-state index contributed by atoms with van der Waals surface area (Å²) in [6.07, 6.45) is 0.355. The minimum absolute atomic E-state index is 0.0586. The van der Waals surface area contributed by atoms with E-state index >= 15 is 0 Å². The van der Waals surface area contributed by atoms with Gasteiger partial charge in [-0.25, -0.2) is 0 Å². The quantitative estimate of drug-likeness (QED) is 0.674. The summed E-state index contributed by atoms with van der Waals surface area (Å²) in [6.45, 7) is 2.55. The molecule has 0 spiro atoms. The van der Waals surface area contributed by atoms with Gasteiger partial charge in [-0.15, -0.1) is 0 Å². The van der Waals surface area contributed by atoms with Crippen molar-refractivity contribution in [1.29, 1.82) is 0 Å². The first-order valence-corrected chi connectivity index (χ1v) is 9.01. The zero-order valence-electron chi connectivity index (χ0n) is 16.0. The maximum atomic E-state index is 12.5. The van der Waals surface area contributed by atoms with Crippen LogP contribution in [0.3, 0.4) is 0 Å². The molecular formula is C21H21N3O4. The van der Waals surface area contributed by atoms with E-state index in [1.165, 1.54) is 0 Å². The number of carbonyl (C=O) groups excluding carboxylic acids is 1. The first-order chi connectivity index (χ1) is 13.6. The van der Waals surface area contributed by atoms with Gasteiger partial charge in [0.1, 0.15) is 11.5 Å². The Morgan fingerprint density at radius 3 is 2.39 bits per heavy atom. The molecule has 0 radical (unpaired) electrons. The lowest BCUT2D eigenvalue weighted by molar-refractivity contribution is -0.117. The molecule has 1 amide bonds. The highest BCUT2D eigenvalue weighted by Gasteiger charge is 2.34. The number of hydrogen-bond acceptors (Lipinski definition) is 6. The third-order valence-electron chi connectivity index (χ3n) is 4.88. The summed E-state index contributed by atoms with van der Waals surface area (Å²) in [7, 11) is 3.17. The second-order valence-electron chi connectivity index (χ2n) is 6.80. The molecular weight excluding hydrogens is 358 g/mol. The first kappa shape index (κ1) is 18.0. The third kappa shape index (κ3) is 3.43. The Morgan fingerprint density at radius 2 is 1.75 bits per heavy atom. The van der Waals surface area contributed by atoms with Crippen molar-refractivity contribution in [2.24, 2.45) is 0 Å². The standard InChI is InChI=1S/C21H21N3O4/c1-13-4-6-16(7-5-13)24-12-15(10-19(24)25)20-22-21(28-23-20)14-8-17(26-2)11-18(9-14)27-3/h4-9,11,15H,10,12H2,1-3H3/t15-/m0/s1. The molecule has 0 unspecified atom stereocenters. The number of anilines is 1. The van der Waals surface area contributed by atoms with Crippen molar-refractivity contribution in [3.05, 3.63) is 53.9 Å². The Bertz CT molecular complexity index is 975. The van der Waals surface area contributed by atoms with Gasteiger partial charge in [0.05, 0.1) is 14.2 Å². The number of nitrogens with zero attached hydrogens (tertiary/aromatic N) is 3. The minimum Gasteiger partial charge on any atom is -0.497 e. The maximum absolute atomic E-state index is 12.5. The predicted molar refractivity (Wildman–Crippen MR) is 104 cm³/mol. The van der Waals surface area contributed by atoms with Crippen LogP contribution in [0.1, 0.15) is 23.7 Å². The highest BCUT2D eigenvalue weighted by molar-refractivity contribution is 5.96. The van der Waals surface area contributed by atoms with E-state index in [1.807, 2.05) is 31.2 Å². The van der Waals surface area contributed by atoms with Crippen molar-refractivity contribution in [2.75, 3.05) is 25.7 Å². The van der Waals surface area contributed by atoms with Crippen LogP contribution in [0.15, 0.2) is 47.0 Å². The van der Waals surface area contributed by atoms with Crippen LogP contribution in [-0.4, -0.2) is 36.8 Å². The first-order valence-electron chi connectivity index (χ1n) is 9.01. The number of aromatic nitrogens is 2. The van der Waals surface area contributed by atoms with Crippen LogP contribution in [0.25, 0.3) is 11.5 Å². The van der Waals surface area contributed by atoms with Crippen molar-refractivity contribution in [1.82, 2.24) is 10.1 Å². The molecule has 2 aromatic carbocycles. The Hall–Kier alpha value is -3.35. The van der Waals surface area contributed by atoms with Gasteiger partial charge in [-0.3, -0.25) is 4.79 Å². The van der Waals surface area contributed by atoms with E-state index in [1.54, 1.807) is 37.3 Å². The van der Waals surface area contributed by atoms with Gasteiger partial charge in [0, 0.05) is 36.2 Å². The van der Waals surface area contributed by atoms with Crippen LogP contribution in [-0.2, 0) is 4.79 Å². The van der Waals surface area contributed by atoms with Crippen molar-refractivity contribution in [3.63, 3.8) is 0 Å². The molecule has 28 heavy (non-hydrogen) atoms. The summed E-state index contributed by atoms with van der Waals surface area (Å²) in [6, 6.07) is 13.3. The van der Waals surface area contributed by atoms with Gasteiger partial charge in [0.2, 0.25) is 5.91 Å². The number of ether oxygens (including phenoxy) is 2. The van der Waals surface area contributed by atoms with E-state index in [4.69, 9.17) is 14.0 Å². The molecule has 3 aromatic rings. The largest absolute Gasteiger partial charge is 0.497 e. The van der Waals surface area contributed by atoms with Crippen molar-refractivity contribution in [2.45, 2.75) is 19.3 Å². The van der Waals surface area contributed by atoms with Crippen molar-refractivity contribution < 1.29 is 18.8 Å². The van der Waals surface area contributed by atoms with E-state index in [2.05, 4.69) is 10.1 Å². The Labute approximate surface area is 162 Å². The van der Waals surface area contributed by atoms with Crippen LogP contribution < -0.4 is 14.4 Å². The Morgan fingerprint density at radius 1 is 1.07 bits per heavy atom. The fraction of sp³-hybridized carbons (Fsp3) is 0.286. The average molecular weight is 379 g/mol. The Balaban J connectivity index is 1.57. The number of amides is 1. The van der Waals surface area contributed by atoms with Crippen LogP contribution in [0.2, 0.25) is 0 Å². The molecule has 1 fully saturated rings. The van der Waals surface area contributed by atoms with Crippen molar-refractivity contribution >= 4 is 11.6 Å². The highest BCUT2D eigenvalue weighted by Crippen LogP contribution is 2.33. The summed E-state index contributed by atoms with van der Waals surface area (Å²) >= 11 is 0. The molecule has 1 saturated heterocycles. The molecule has 1 aromatic heterocycles. The number of aryl methyl sites for hydroxylation is 1.